The molecule has 0 unspecified atom stereocenters. The maximum absolute atomic E-state index is 12.2. The lowest BCUT2D eigenvalue weighted by Gasteiger charge is -2.20. The van der Waals surface area contributed by atoms with Gasteiger partial charge in [0.2, 0.25) is 0 Å². The van der Waals surface area contributed by atoms with Crippen molar-refractivity contribution in [3.05, 3.63) is 35.4 Å². The summed E-state index contributed by atoms with van der Waals surface area (Å²) in [5.74, 6) is -0.662. The van der Waals surface area contributed by atoms with Gasteiger partial charge in [-0.25, -0.2) is 4.79 Å². The Morgan fingerprint density at radius 2 is 2.15 bits per heavy atom. The molecule has 1 aliphatic rings. The number of nitrogens with one attached hydrogen (secondary N) is 1. The van der Waals surface area contributed by atoms with Crippen LogP contribution in [0.1, 0.15) is 40.5 Å². The van der Waals surface area contributed by atoms with E-state index >= 15 is 0 Å². The molecule has 1 aromatic rings. The van der Waals surface area contributed by atoms with Crippen molar-refractivity contribution in [3.63, 3.8) is 0 Å². The van der Waals surface area contributed by atoms with Crippen molar-refractivity contribution in [1.82, 2.24) is 5.32 Å². The van der Waals surface area contributed by atoms with Crippen molar-refractivity contribution in [3.8, 4) is 0 Å². The lowest BCUT2D eigenvalue weighted by atomic mass is 10.1. The van der Waals surface area contributed by atoms with Crippen molar-refractivity contribution >= 4 is 11.9 Å². The Kier molecular flexibility index (Phi) is 4.74. The molecular weight excluding hydrogens is 258 g/mol. The van der Waals surface area contributed by atoms with Crippen LogP contribution in [0.4, 0.5) is 0 Å². The number of benzene rings is 1. The monoisotopic (exact) mass is 277 g/mol. The molecule has 1 fully saturated rings. The Labute approximate surface area is 118 Å². The molecule has 1 heterocycles. The standard InChI is InChI=1S/C15H19NO4/c1-10(13-7-4-8-20-13)16-14(17)11-5-3-6-12(9-11)15(18)19-2/h3,5-6,9-10,13H,4,7-8H2,1-2H3,(H,16,17)/t10-,13-/m0/s1. The molecule has 5 nitrogen and oxygen atoms in total. The molecule has 1 aliphatic heterocycles. The van der Waals surface area contributed by atoms with Crippen LogP contribution in [0.25, 0.3) is 0 Å². The van der Waals surface area contributed by atoms with Crippen LogP contribution in [0.2, 0.25) is 0 Å². The first-order chi connectivity index (χ1) is 9.61. The molecule has 0 bridgehead atoms. The van der Waals surface area contributed by atoms with Crippen LogP contribution >= 0.6 is 0 Å². The molecule has 2 rings (SSSR count). The van der Waals surface area contributed by atoms with Crippen LogP contribution in [0.5, 0.6) is 0 Å². The van der Waals surface area contributed by atoms with Crippen molar-refractivity contribution in [2.75, 3.05) is 13.7 Å². The third kappa shape index (κ3) is 3.36. The minimum atomic E-state index is -0.452. The molecule has 1 amide bonds. The van der Waals surface area contributed by atoms with E-state index in [0.717, 1.165) is 19.4 Å². The highest BCUT2D eigenvalue weighted by atomic mass is 16.5. The number of rotatable bonds is 4. The fourth-order valence-corrected chi connectivity index (χ4v) is 2.29. The van der Waals surface area contributed by atoms with Crippen molar-refractivity contribution in [1.29, 1.82) is 0 Å². The molecule has 0 aliphatic carbocycles. The molecule has 0 saturated carbocycles. The summed E-state index contributed by atoms with van der Waals surface area (Å²) >= 11 is 0. The van der Waals surface area contributed by atoms with E-state index in [1.807, 2.05) is 6.92 Å². The maximum atomic E-state index is 12.2. The van der Waals surface area contributed by atoms with Crippen LogP contribution in [-0.2, 0) is 9.47 Å². The van der Waals surface area contributed by atoms with E-state index in [1.54, 1.807) is 18.2 Å². The van der Waals surface area contributed by atoms with E-state index in [-0.39, 0.29) is 18.1 Å². The lowest BCUT2D eigenvalue weighted by Crippen LogP contribution is -2.40. The second-order valence-corrected chi connectivity index (χ2v) is 4.89. The van der Waals surface area contributed by atoms with Gasteiger partial charge in [0.25, 0.3) is 5.91 Å². The van der Waals surface area contributed by atoms with Crippen molar-refractivity contribution in [2.24, 2.45) is 0 Å². The van der Waals surface area contributed by atoms with Gasteiger partial charge in [-0.15, -0.1) is 0 Å². The van der Waals surface area contributed by atoms with Gasteiger partial charge < -0.3 is 14.8 Å². The Hall–Kier alpha value is -1.88. The zero-order valence-electron chi connectivity index (χ0n) is 11.7. The van der Waals surface area contributed by atoms with Crippen LogP contribution in [0.3, 0.4) is 0 Å². The summed E-state index contributed by atoms with van der Waals surface area (Å²) in [5.41, 5.74) is 0.808. The third-order valence-corrected chi connectivity index (χ3v) is 3.43. The fourth-order valence-electron chi connectivity index (χ4n) is 2.29. The Morgan fingerprint density at radius 3 is 2.80 bits per heavy atom. The van der Waals surface area contributed by atoms with Gasteiger partial charge in [0.1, 0.15) is 0 Å². The normalized spacial score (nSPS) is 19.4. The van der Waals surface area contributed by atoms with Crippen LogP contribution in [-0.4, -0.2) is 37.7 Å². The molecule has 108 valence electrons. The van der Waals surface area contributed by atoms with E-state index in [2.05, 4.69) is 10.1 Å². The molecule has 20 heavy (non-hydrogen) atoms. The van der Waals surface area contributed by atoms with Crippen LogP contribution < -0.4 is 5.32 Å². The predicted molar refractivity (Wildman–Crippen MR) is 73.7 cm³/mol. The smallest absolute Gasteiger partial charge is 0.337 e. The molecular formula is C15H19NO4. The number of methoxy groups -OCH3 is 1. The lowest BCUT2D eigenvalue weighted by molar-refractivity contribution is 0.0600. The van der Waals surface area contributed by atoms with Gasteiger partial charge in [-0.3, -0.25) is 4.79 Å². The summed E-state index contributed by atoms with van der Waals surface area (Å²) in [7, 11) is 1.31. The first kappa shape index (κ1) is 14.5. The Balaban J connectivity index is 2.03. The highest BCUT2D eigenvalue weighted by Crippen LogP contribution is 2.16. The van der Waals surface area contributed by atoms with Gasteiger partial charge in [0, 0.05) is 12.2 Å². The number of amides is 1. The number of hydrogen-bond donors (Lipinski definition) is 1. The zero-order chi connectivity index (χ0) is 14.5. The highest BCUT2D eigenvalue weighted by Gasteiger charge is 2.24. The summed E-state index contributed by atoms with van der Waals surface area (Å²) < 4.78 is 10.2. The zero-order valence-corrected chi connectivity index (χ0v) is 11.7. The van der Waals surface area contributed by atoms with Gasteiger partial charge in [0.15, 0.2) is 0 Å². The quantitative estimate of drug-likeness (QED) is 0.852. The van der Waals surface area contributed by atoms with Gasteiger partial charge in [-0.05, 0) is 38.0 Å². The van der Waals surface area contributed by atoms with Crippen molar-refractivity contribution in [2.45, 2.75) is 31.9 Å². The minimum Gasteiger partial charge on any atom is -0.465 e. The summed E-state index contributed by atoms with van der Waals surface area (Å²) in [4.78, 5) is 23.6. The van der Waals surface area contributed by atoms with E-state index in [1.165, 1.54) is 13.2 Å². The van der Waals surface area contributed by atoms with Gasteiger partial charge in [-0.1, -0.05) is 6.07 Å². The summed E-state index contributed by atoms with van der Waals surface area (Å²) in [5, 5.41) is 2.91. The summed E-state index contributed by atoms with van der Waals surface area (Å²) in [6.07, 6.45) is 2.06. The van der Waals surface area contributed by atoms with Crippen LogP contribution in [0.15, 0.2) is 24.3 Å². The SMILES string of the molecule is COC(=O)c1cccc(C(=O)N[C@@H](C)[C@@H]2CCCO2)c1. The molecule has 5 heteroatoms. The average Bonchev–Trinajstić information content (AvgIpc) is 3.00. The summed E-state index contributed by atoms with van der Waals surface area (Å²) in [6.45, 7) is 2.68. The van der Waals surface area contributed by atoms with Gasteiger partial charge >= 0.3 is 5.97 Å². The fraction of sp³-hybridized carbons (Fsp3) is 0.467. The molecule has 0 aromatic heterocycles. The number of esters is 1. The molecule has 2 atom stereocenters. The van der Waals surface area contributed by atoms with E-state index in [4.69, 9.17) is 4.74 Å². The number of carbonyl (C=O) groups is 2. The number of hydrogen-bond acceptors (Lipinski definition) is 4. The number of carbonyl (C=O) groups excluding carboxylic acids is 2. The molecule has 1 N–H and O–H groups in total. The number of ether oxygens (including phenoxy) is 2. The molecule has 0 radical (unpaired) electrons. The van der Waals surface area contributed by atoms with E-state index in [9.17, 15) is 9.59 Å². The minimum absolute atomic E-state index is 0.0493. The van der Waals surface area contributed by atoms with Gasteiger partial charge in [-0.2, -0.15) is 0 Å². The molecule has 1 saturated heterocycles. The second kappa shape index (κ2) is 6.52. The molecule has 0 spiro atoms. The second-order valence-electron chi connectivity index (χ2n) is 4.89. The van der Waals surface area contributed by atoms with Gasteiger partial charge in [0.05, 0.1) is 24.8 Å². The predicted octanol–water partition coefficient (Wildman–Crippen LogP) is 1.77. The third-order valence-electron chi connectivity index (χ3n) is 3.43. The van der Waals surface area contributed by atoms with Crippen molar-refractivity contribution < 1.29 is 19.1 Å². The first-order valence-corrected chi connectivity index (χ1v) is 6.72. The average molecular weight is 277 g/mol. The Bertz CT molecular complexity index is 494. The highest BCUT2D eigenvalue weighted by molar-refractivity contribution is 5.98. The van der Waals surface area contributed by atoms with E-state index in [0.29, 0.717) is 11.1 Å². The largest absolute Gasteiger partial charge is 0.465 e. The van der Waals surface area contributed by atoms with E-state index < -0.39 is 5.97 Å². The first-order valence-electron chi connectivity index (χ1n) is 6.72. The molecule has 1 aromatic carbocycles. The topological polar surface area (TPSA) is 64.6 Å². The van der Waals surface area contributed by atoms with Crippen LogP contribution in [0, 0.1) is 0 Å². The summed E-state index contributed by atoms with van der Waals surface area (Å²) in [6, 6.07) is 6.43. The maximum Gasteiger partial charge on any atom is 0.337 e. The Morgan fingerprint density at radius 1 is 1.40 bits per heavy atom.